The first-order chi connectivity index (χ1) is 9.66. The summed E-state index contributed by atoms with van der Waals surface area (Å²) in [6, 6.07) is 14.3. The molecule has 0 amide bonds. The van der Waals surface area contributed by atoms with Gasteiger partial charge < -0.3 is 5.32 Å². The molecule has 0 bridgehead atoms. The summed E-state index contributed by atoms with van der Waals surface area (Å²) < 4.78 is 12.3. The first-order valence-corrected chi connectivity index (χ1v) is 8.56. The zero-order valence-electron chi connectivity index (χ0n) is 12.3. The molecule has 1 unspecified atom stereocenters. The second-order valence-corrected chi connectivity index (χ2v) is 7.08. The Hall–Kier alpha value is -1.19. The quantitative estimate of drug-likeness (QED) is 0.789. The van der Waals surface area contributed by atoms with E-state index in [1.165, 1.54) is 5.39 Å². The molecule has 0 aromatic heterocycles. The summed E-state index contributed by atoms with van der Waals surface area (Å²) in [5.74, 6) is 1.39. The highest BCUT2D eigenvalue weighted by Crippen LogP contribution is 2.18. The van der Waals surface area contributed by atoms with E-state index in [0.717, 1.165) is 35.5 Å². The van der Waals surface area contributed by atoms with Crippen molar-refractivity contribution in [1.29, 1.82) is 0 Å². The average Bonchev–Trinajstić information content (AvgIpc) is 2.46. The fourth-order valence-corrected chi connectivity index (χ4v) is 3.27. The van der Waals surface area contributed by atoms with Crippen molar-refractivity contribution < 1.29 is 4.21 Å². The van der Waals surface area contributed by atoms with Gasteiger partial charge in [-0.15, -0.1) is 0 Å². The number of nitrogens with one attached hydrogen (secondary N) is 1. The monoisotopic (exact) mass is 289 g/mol. The van der Waals surface area contributed by atoms with Gasteiger partial charge in [-0.25, -0.2) is 0 Å². The summed E-state index contributed by atoms with van der Waals surface area (Å²) in [5, 5.41) is 5.75. The minimum absolute atomic E-state index is 0.668. The van der Waals surface area contributed by atoms with Crippen molar-refractivity contribution in [1.82, 2.24) is 5.32 Å². The van der Waals surface area contributed by atoms with Gasteiger partial charge in [-0.05, 0) is 48.3 Å². The molecular weight excluding hydrogens is 266 g/mol. The third kappa shape index (κ3) is 4.43. The second kappa shape index (κ2) is 7.55. The highest BCUT2D eigenvalue weighted by Gasteiger charge is 2.04. The number of fused-ring (bicyclic) bond motifs is 1. The fraction of sp³-hybridized carbons (Fsp3) is 0.412. The summed E-state index contributed by atoms with van der Waals surface area (Å²) in [5.41, 5.74) is 0. The highest BCUT2D eigenvalue weighted by atomic mass is 32.2. The summed E-state index contributed by atoms with van der Waals surface area (Å²) >= 11 is 0. The lowest BCUT2D eigenvalue weighted by molar-refractivity contribution is 0.550. The van der Waals surface area contributed by atoms with Gasteiger partial charge in [0.05, 0.1) is 10.8 Å². The van der Waals surface area contributed by atoms with E-state index in [9.17, 15) is 4.21 Å². The van der Waals surface area contributed by atoms with Gasteiger partial charge in [0, 0.05) is 10.6 Å². The summed E-state index contributed by atoms with van der Waals surface area (Å²) in [6.45, 7) is 6.36. The predicted octanol–water partition coefficient (Wildman–Crippen LogP) is 3.58. The van der Waals surface area contributed by atoms with Crippen LogP contribution in [0.1, 0.15) is 20.3 Å². The molecule has 1 atom stereocenters. The first-order valence-electron chi connectivity index (χ1n) is 7.24. The molecule has 2 aromatic carbocycles. The summed E-state index contributed by atoms with van der Waals surface area (Å²) in [7, 11) is -0.894. The van der Waals surface area contributed by atoms with Gasteiger partial charge >= 0.3 is 0 Å². The Balaban J connectivity index is 1.87. The maximum atomic E-state index is 12.3. The molecule has 0 aliphatic heterocycles. The van der Waals surface area contributed by atoms with Gasteiger partial charge in [-0.3, -0.25) is 4.21 Å². The normalized spacial score (nSPS) is 12.9. The molecular formula is C17H23NOS. The average molecular weight is 289 g/mol. The van der Waals surface area contributed by atoms with Gasteiger partial charge in [0.2, 0.25) is 0 Å². The van der Waals surface area contributed by atoms with Crippen LogP contribution >= 0.6 is 0 Å². The Bertz CT molecular complexity index is 580. The Morgan fingerprint density at radius 2 is 1.85 bits per heavy atom. The molecule has 3 heteroatoms. The van der Waals surface area contributed by atoms with Crippen LogP contribution in [-0.2, 0) is 10.8 Å². The number of rotatable bonds is 7. The molecule has 0 radical (unpaired) electrons. The van der Waals surface area contributed by atoms with Crippen molar-refractivity contribution >= 4 is 21.6 Å². The van der Waals surface area contributed by atoms with E-state index in [2.05, 4.69) is 37.4 Å². The van der Waals surface area contributed by atoms with Crippen LogP contribution in [0, 0.1) is 5.92 Å². The molecule has 1 N–H and O–H groups in total. The predicted molar refractivity (Wildman–Crippen MR) is 87.5 cm³/mol. The van der Waals surface area contributed by atoms with Crippen molar-refractivity contribution in [2.45, 2.75) is 25.2 Å². The third-order valence-corrected chi connectivity index (χ3v) is 4.66. The van der Waals surface area contributed by atoms with Gasteiger partial charge in [0.1, 0.15) is 0 Å². The molecule has 108 valence electrons. The SMILES string of the molecule is CC(C)CNCCCS(=O)c1ccc2ccccc2c1. The van der Waals surface area contributed by atoms with Crippen LogP contribution in [0.2, 0.25) is 0 Å². The Kier molecular flexibility index (Phi) is 5.74. The van der Waals surface area contributed by atoms with Crippen LogP contribution < -0.4 is 5.32 Å². The summed E-state index contributed by atoms with van der Waals surface area (Å²) in [4.78, 5) is 0.938. The minimum Gasteiger partial charge on any atom is -0.316 e. The van der Waals surface area contributed by atoms with Gasteiger partial charge in [-0.2, -0.15) is 0 Å². The van der Waals surface area contributed by atoms with Gasteiger partial charge in [0.15, 0.2) is 0 Å². The van der Waals surface area contributed by atoms with E-state index < -0.39 is 10.8 Å². The van der Waals surface area contributed by atoms with Gasteiger partial charge in [0.25, 0.3) is 0 Å². The molecule has 2 aromatic rings. The molecule has 0 aliphatic carbocycles. The van der Waals surface area contributed by atoms with E-state index in [1.54, 1.807) is 0 Å². The Morgan fingerprint density at radius 3 is 2.60 bits per heavy atom. The van der Waals surface area contributed by atoms with Crippen LogP contribution in [-0.4, -0.2) is 23.1 Å². The smallest absolute Gasteiger partial charge is 0.0530 e. The molecule has 2 nitrogen and oxygen atoms in total. The summed E-state index contributed by atoms with van der Waals surface area (Å²) in [6.07, 6.45) is 0.951. The number of hydrogen-bond donors (Lipinski definition) is 1. The van der Waals surface area contributed by atoms with Gasteiger partial charge in [-0.1, -0.05) is 44.2 Å². The lowest BCUT2D eigenvalue weighted by Crippen LogP contribution is -2.21. The Labute approximate surface area is 124 Å². The standard InChI is InChI=1S/C17H23NOS/c1-14(2)13-18-10-5-11-20(19)17-9-8-15-6-3-4-7-16(15)12-17/h3-4,6-9,12,14,18H,5,10-11,13H2,1-2H3. The Morgan fingerprint density at radius 1 is 1.10 bits per heavy atom. The van der Waals surface area contributed by atoms with Crippen molar-refractivity contribution in [2.75, 3.05) is 18.8 Å². The largest absolute Gasteiger partial charge is 0.316 e. The lowest BCUT2D eigenvalue weighted by Gasteiger charge is -2.07. The van der Waals surface area contributed by atoms with Crippen LogP contribution in [0.15, 0.2) is 47.4 Å². The molecule has 0 saturated carbocycles. The highest BCUT2D eigenvalue weighted by molar-refractivity contribution is 7.85. The number of benzene rings is 2. The van der Waals surface area contributed by atoms with E-state index in [-0.39, 0.29) is 0 Å². The molecule has 2 rings (SSSR count). The van der Waals surface area contributed by atoms with E-state index in [1.807, 2.05) is 24.3 Å². The van der Waals surface area contributed by atoms with Crippen molar-refractivity contribution in [3.05, 3.63) is 42.5 Å². The molecule has 0 spiro atoms. The minimum atomic E-state index is -0.894. The van der Waals surface area contributed by atoms with E-state index >= 15 is 0 Å². The van der Waals surface area contributed by atoms with E-state index in [4.69, 9.17) is 0 Å². The zero-order chi connectivity index (χ0) is 14.4. The van der Waals surface area contributed by atoms with Crippen LogP contribution in [0.4, 0.5) is 0 Å². The third-order valence-electron chi connectivity index (χ3n) is 3.22. The zero-order valence-corrected chi connectivity index (χ0v) is 13.1. The molecule has 20 heavy (non-hydrogen) atoms. The van der Waals surface area contributed by atoms with Crippen LogP contribution in [0.5, 0.6) is 0 Å². The van der Waals surface area contributed by atoms with Crippen molar-refractivity contribution in [3.63, 3.8) is 0 Å². The first kappa shape index (κ1) is 15.2. The number of hydrogen-bond acceptors (Lipinski definition) is 2. The topological polar surface area (TPSA) is 29.1 Å². The maximum absolute atomic E-state index is 12.3. The molecule has 0 fully saturated rings. The molecule has 0 saturated heterocycles. The van der Waals surface area contributed by atoms with Crippen molar-refractivity contribution in [3.8, 4) is 0 Å². The van der Waals surface area contributed by atoms with E-state index in [0.29, 0.717) is 5.92 Å². The lowest BCUT2D eigenvalue weighted by atomic mass is 10.1. The molecule has 0 heterocycles. The van der Waals surface area contributed by atoms with Crippen LogP contribution in [0.3, 0.4) is 0 Å². The maximum Gasteiger partial charge on any atom is 0.0530 e. The molecule has 0 aliphatic rings. The van der Waals surface area contributed by atoms with Crippen LogP contribution in [0.25, 0.3) is 10.8 Å². The van der Waals surface area contributed by atoms with Crippen molar-refractivity contribution in [2.24, 2.45) is 5.92 Å². The second-order valence-electron chi connectivity index (χ2n) is 5.51. The fourth-order valence-electron chi connectivity index (χ4n) is 2.15.